The molecule has 1 aliphatic heterocycles. The van der Waals surface area contributed by atoms with Gasteiger partial charge in [-0.3, -0.25) is 4.98 Å². The molecule has 1 N–H and O–H groups in total. The van der Waals surface area contributed by atoms with Crippen LogP contribution in [0.25, 0.3) is 0 Å². The van der Waals surface area contributed by atoms with Crippen molar-refractivity contribution in [3.05, 3.63) is 18.1 Å². The molecule has 1 saturated heterocycles. The molecule has 1 aliphatic rings. The number of aromatic nitrogens is 2. The number of anilines is 1. The van der Waals surface area contributed by atoms with Gasteiger partial charge in [-0.25, -0.2) is 4.98 Å². The number of piperidine rings is 1. The lowest BCUT2D eigenvalue weighted by molar-refractivity contribution is 0.226. The number of likely N-dealkylation sites (tertiary alicyclic amines) is 1. The predicted molar refractivity (Wildman–Crippen MR) is 65.5 cm³/mol. The third-order valence-electron chi connectivity index (χ3n) is 3.28. The fraction of sp³-hybridized carbons (Fsp3) is 0.667. The molecule has 2 heterocycles. The van der Waals surface area contributed by atoms with Crippen molar-refractivity contribution in [2.45, 2.75) is 19.8 Å². The average molecular weight is 220 g/mol. The van der Waals surface area contributed by atoms with Crippen LogP contribution in [0, 0.1) is 12.8 Å². The Kier molecular flexibility index (Phi) is 3.72. The zero-order valence-electron chi connectivity index (χ0n) is 10.1. The summed E-state index contributed by atoms with van der Waals surface area (Å²) in [5, 5.41) is 3.41. The first-order chi connectivity index (χ1) is 7.75. The molecule has 4 heteroatoms. The second-order valence-electron chi connectivity index (χ2n) is 4.62. The van der Waals surface area contributed by atoms with E-state index < -0.39 is 0 Å². The summed E-state index contributed by atoms with van der Waals surface area (Å²) in [6.45, 7) is 5.44. The van der Waals surface area contributed by atoms with Crippen molar-refractivity contribution < 1.29 is 0 Å². The molecule has 0 aromatic carbocycles. The van der Waals surface area contributed by atoms with Crippen LogP contribution < -0.4 is 5.32 Å². The highest BCUT2D eigenvalue weighted by molar-refractivity contribution is 5.38. The van der Waals surface area contributed by atoms with Crippen molar-refractivity contribution in [3.8, 4) is 0 Å². The third kappa shape index (κ3) is 2.92. The Morgan fingerprint density at radius 2 is 2.00 bits per heavy atom. The van der Waals surface area contributed by atoms with Crippen molar-refractivity contribution in [2.75, 3.05) is 32.0 Å². The molecule has 1 aromatic heterocycles. The highest BCUT2D eigenvalue weighted by Gasteiger charge is 2.16. The van der Waals surface area contributed by atoms with E-state index in [1.807, 2.05) is 6.92 Å². The smallest absolute Gasteiger partial charge is 0.147 e. The van der Waals surface area contributed by atoms with Gasteiger partial charge >= 0.3 is 0 Å². The molecule has 1 fully saturated rings. The molecule has 1 aromatic rings. The quantitative estimate of drug-likeness (QED) is 0.839. The number of nitrogens with one attached hydrogen (secondary N) is 1. The molecule has 0 saturated carbocycles. The highest BCUT2D eigenvalue weighted by Crippen LogP contribution is 2.17. The normalized spacial score (nSPS) is 18.6. The molecule has 0 aliphatic carbocycles. The molecule has 0 amide bonds. The van der Waals surface area contributed by atoms with Gasteiger partial charge in [0, 0.05) is 18.9 Å². The van der Waals surface area contributed by atoms with Crippen LogP contribution in [0.4, 0.5) is 5.82 Å². The number of aryl methyl sites for hydroxylation is 1. The van der Waals surface area contributed by atoms with E-state index in [2.05, 4.69) is 27.2 Å². The summed E-state index contributed by atoms with van der Waals surface area (Å²) in [6.07, 6.45) is 6.03. The summed E-state index contributed by atoms with van der Waals surface area (Å²) in [5.74, 6) is 1.71. The lowest BCUT2D eigenvalue weighted by Crippen LogP contribution is -2.33. The summed E-state index contributed by atoms with van der Waals surface area (Å²) in [6, 6.07) is 0. The van der Waals surface area contributed by atoms with Gasteiger partial charge < -0.3 is 10.2 Å². The Morgan fingerprint density at radius 3 is 2.69 bits per heavy atom. The van der Waals surface area contributed by atoms with E-state index in [-0.39, 0.29) is 0 Å². The summed E-state index contributed by atoms with van der Waals surface area (Å²) in [4.78, 5) is 10.9. The van der Waals surface area contributed by atoms with Gasteiger partial charge in [-0.2, -0.15) is 0 Å². The second kappa shape index (κ2) is 5.25. The first kappa shape index (κ1) is 11.3. The largest absolute Gasteiger partial charge is 0.368 e. The highest BCUT2D eigenvalue weighted by atomic mass is 15.1. The Morgan fingerprint density at radius 1 is 1.31 bits per heavy atom. The third-order valence-corrected chi connectivity index (χ3v) is 3.28. The molecular weight excluding hydrogens is 200 g/mol. The molecule has 0 radical (unpaired) electrons. The molecule has 2 rings (SSSR count). The molecule has 88 valence electrons. The number of rotatable bonds is 3. The van der Waals surface area contributed by atoms with Gasteiger partial charge in [-0.1, -0.05) is 0 Å². The molecule has 0 spiro atoms. The van der Waals surface area contributed by atoms with Gasteiger partial charge in [0.15, 0.2) is 0 Å². The van der Waals surface area contributed by atoms with Crippen LogP contribution in [-0.4, -0.2) is 41.5 Å². The molecule has 4 nitrogen and oxygen atoms in total. The maximum Gasteiger partial charge on any atom is 0.147 e. The minimum absolute atomic E-state index is 0.776. The Bertz CT molecular complexity index is 332. The van der Waals surface area contributed by atoms with E-state index in [1.54, 1.807) is 12.4 Å². The Labute approximate surface area is 97.1 Å². The molecular formula is C12H20N4. The Balaban J connectivity index is 1.81. The van der Waals surface area contributed by atoms with Crippen LogP contribution in [0.3, 0.4) is 0 Å². The van der Waals surface area contributed by atoms with Gasteiger partial charge in [-0.05, 0) is 45.8 Å². The van der Waals surface area contributed by atoms with E-state index in [0.29, 0.717) is 0 Å². The lowest BCUT2D eigenvalue weighted by Gasteiger charge is -2.29. The zero-order chi connectivity index (χ0) is 11.4. The number of hydrogen-bond donors (Lipinski definition) is 1. The SMILES string of the molecule is Cc1nccnc1NCC1CCN(C)CC1. The topological polar surface area (TPSA) is 41.1 Å². The van der Waals surface area contributed by atoms with Crippen LogP contribution in [-0.2, 0) is 0 Å². The minimum atomic E-state index is 0.776. The molecule has 0 unspecified atom stereocenters. The lowest BCUT2D eigenvalue weighted by atomic mass is 9.97. The van der Waals surface area contributed by atoms with E-state index in [4.69, 9.17) is 0 Å². The van der Waals surface area contributed by atoms with Crippen molar-refractivity contribution in [1.29, 1.82) is 0 Å². The fourth-order valence-corrected chi connectivity index (χ4v) is 2.09. The van der Waals surface area contributed by atoms with Crippen molar-refractivity contribution >= 4 is 5.82 Å². The van der Waals surface area contributed by atoms with E-state index in [1.165, 1.54) is 25.9 Å². The van der Waals surface area contributed by atoms with Gasteiger partial charge in [0.25, 0.3) is 0 Å². The van der Waals surface area contributed by atoms with Gasteiger partial charge in [0.2, 0.25) is 0 Å². The van der Waals surface area contributed by atoms with E-state index in [9.17, 15) is 0 Å². The van der Waals surface area contributed by atoms with E-state index in [0.717, 1.165) is 24.0 Å². The fourth-order valence-electron chi connectivity index (χ4n) is 2.09. The molecule has 16 heavy (non-hydrogen) atoms. The maximum atomic E-state index is 4.29. The first-order valence-corrected chi connectivity index (χ1v) is 5.95. The van der Waals surface area contributed by atoms with Crippen molar-refractivity contribution in [3.63, 3.8) is 0 Å². The summed E-state index contributed by atoms with van der Waals surface area (Å²) in [5.41, 5.74) is 0.982. The van der Waals surface area contributed by atoms with E-state index >= 15 is 0 Å². The summed E-state index contributed by atoms with van der Waals surface area (Å²) < 4.78 is 0. The molecule has 0 atom stereocenters. The van der Waals surface area contributed by atoms with Gasteiger partial charge in [0.05, 0.1) is 5.69 Å². The minimum Gasteiger partial charge on any atom is -0.368 e. The summed E-state index contributed by atoms with van der Waals surface area (Å²) in [7, 11) is 2.19. The summed E-state index contributed by atoms with van der Waals surface area (Å²) >= 11 is 0. The standard InChI is InChI=1S/C12H20N4/c1-10-12(14-6-5-13-10)15-9-11-3-7-16(2)8-4-11/h5-6,11H,3-4,7-9H2,1-2H3,(H,14,15). The predicted octanol–water partition coefficient (Wildman–Crippen LogP) is 1.54. The number of nitrogens with zero attached hydrogens (tertiary/aromatic N) is 3. The zero-order valence-corrected chi connectivity index (χ0v) is 10.1. The van der Waals surface area contributed by atoms with Crippen LogP contribution in [0.15, 0.2) is 12.4 Å². The average Bonchev–Trinajstić information content (AvgIpc) is 2.30. The van der Waals surface area contributed by atoms with Crippen LogP contribution in [0.5, 0.6) is 0 Å². The van der Waals surface area contributed by atoms with Gasteiger partial charge in [0.1, 0.15) is 5.82 Å². The van der Waals surface area contributed by atoms with Crippen molar-refractivity contribution in [1.82, 2.24) is 14.9 Å². The van der Waals surface area contributed by atoms with Gasteiger partial charge in [-0.15, -0.1) is 0 Å². The van der Waals surface area contributed by atoms with Crippen LogP contribution >= 0.6 is 0 Å². The second-order valence-corrected chi connectivity index (χ2v) is 4.62. The number of hydrogen-bond acceptors (Lipinski definition) is 4. The Hall–Kier alpha value is -1.16. The molecule has 0 bridgehead atoms. The van der Waals surface area contributed by atoms with Crippen LogP contribution in [0.2, 0.25) is 0 Å². The first-order valence-electron chi connectivity index (χ1n) is 5.95. The maximum absolute atomic E-state index is 4.29. The van der Waals surface area contributed by atoms with Crippen LogP contribution in [0.1, 0.15) is 18.5 Å². The monoisotopic (exact) mass is 220 g/mol. The van der Waals surface area contributed by atoms with Crippen molar-refractivity contribution in [2.24, 2.45) is 5.92 Å².